The van der Waals surface area contributed by atoms with Gasteiger partial charge in [-0.25, -0.2) is 9.67 Å². The summed E-state index contributed by atoms with van der Waals surface area (Å²) >= 11 is 1.21. The topological polar surface area (TPSA) is 89.2 Å². The predicted octanol–water partition coefficient (Wildman–Crippen LogP) is 1.51. The van der Waals surface area contributed by atoms with E-state index in [0.717, 1.165) is 28.4 Å². The number of morpholine rings is 1. The Morgan fingerprint density at radius 1 is 1.43 bits per heavy atom. The van der Waals surface area contributed by atoms with Gasteiger partial charge in [-0.15, -0.1) is 5.10 Å². The molecule has 3 aromatic heterocycles. The summed E-state index contributed by atoms with van der Waals surface area (Å²) in [6, 6.07) is 2.18. The fourth-order valence-corrected chi connectivity index (χ4v) is 3.46. The molecule has 0 saturated carbocycles. The lowest BCUT2D eigenvalue weighted by Crippen LogP contribution is -2.44. The first kappa shape index (κ1) is 14.3. The van der Waals surface area contributed by atoms with Crippen LogP contribution in [0.2, 0.25) is 0 Å². The van der Waals surface area contributed by atoms with Crippen LogP contribution in [0.15, 0.2) is 12.3 Å². The van der Waals surface area contributed by atoms with Gasteiger partial charge in [0, 0.05) is 12.6 Å². The summed E-state index contributed by atoms with van der Waals surface area (Å²) in [5.41, 5.74) is 2.14. The molecule has 23 heavy (non-hydrogen) atoms. The average Bonchev–Trinajstić information content (AvgIpc) is 3.14. The Bertz CT molecular complexity index is 860. The van der Waals surface area contributed by atoms with E-state index in [1.165, 1.54) is 11.5 Å². The average molecular weight is 332 g/mol. The molecule has 1 aliphatic rings. The van der Waals surface area contributed by atoms with Crippen LogP contribution in [0.5, 0.6) is 5.88 Å². The number of hydrogen-bond donors (Lipinski definition) is 1. The SMILES string of the molecule is Cc1cn(-c2cc(N3CCOC[C@H]3C)nc3c(O)nsc23)nn1. The molecule has 1 atom stereocenters. The minimum absolute atomic E-state index is 0.0501. The maximum Gasteiger partial charge on any atom is 0.250 e. The third-order valence-electron chi connectivity index (χ3n) is 3.89. The van der Waals surface area contributed by atoms with E-state index >= 15 is 0 Å². The van der Waals surface area contributed by atoms with Crippen molar-refractivity contribution in [3.05, 3.63) is 18.0 Å². The van der Waals surface area contributed by atoms with Crippen molar-refractivity contribution in [1.82, 2.24) is 24.4 Å². The number of ether oxygens (including phenoxy) is 1. The number of hydrogen-bond acceptors (Lipinski definition) is 8. The Labute approximate surface area is 136 Å². The van der Waals surface area contributed by atoms with Crippen LogP contribution in [0.25, 0.3) is 15.9 Å². The Kier molecular flexibility index (Phi) is 3.38. The van der Waals surface area contributed by atoms with Crippen molar-refractivity contribution in [3.8, 4) is 11.6 Å². The van der Waals surface area contributed by atoms with Crippen molar-refractivity contribution < 1.29 is 9.84 Å². The first-order valence-electron chi connectivity index (χ1n) is 7.36. The predicted molar refractivity (Wildman–Crippen MR) is 86.4 cm³/mol. The zero-order valence-corrected chi connectivity index (χ0v) is 13.6. The Morgan fingerprint density at radius 2 is 2.30 bits per heavy atom. The molecule has 0 unspecified atom stereocenters. The highest BCUT2D eigenvalue weighted by molar-refractivity contribution is 7.14. The van der Waals surface area contributed by atoms with E-state index in [9.17, 15) is 5.11 Å². The smallest absolute Gasteiger partial charge is 0.250 e. The third kappa shape index (κ3) is 2.41. The lowest BCUT2D eigenvalue weighted by atomic mass is 10.2. The molecular weight excluding hydrogens is 316 g/mol. The second kappa shape index (κ2) is 5.43. The number of rotatable bonds is 2. The molecule has 4 rings (SSSR count). The Hall–Kier alpha value is -2.26. The summed E-state index contributed by atoms with van der Waals surface area (Å²) in [5.74, 6) is 0.734. The minimum atomic E-state index is -0.0501. The monoisotopic (exact) mass is 332 g/mol. The van der Waals surface area contributed by atoms with Gasteiger partial charge in [-0.1, -0.05) is 5.21 Å². The first-order valence-corrected chi connectivity index (χ1v) is 8.14. The van der Waals surface area contributed by atoms with E-state index < -0.39 is 0 Å². The number of anilines is 1. The fourth-order valence-electron chi connectivity index (χ4n) is 2.73. The van der Waals surface area contributed by atoms with E-state index in [0.29, 0.717) is 18.7 Å². The van der Waals surface area contributed by atoms with Crippen molar-refractivity contribution in [1.29, 1.82) is 0 Å². The maximum absolute atomic E-state index is 10.0. The summed E-state index contributed by atoms with van der Waals surface area (Å²) in [4.78, 5) is 6.78. The van der Waals surface area contributed by atoms with Crippen LogP contribution in [0, 0.1) is 6.92 Å². The number of pyridine rings is 1. The van der Waals surface area contributed by atoms with Crippen LogP contribution < -0.4 is 4.90 Å². The van der Waals surface area contributed by atoms with Crippen molar-refractivity contribution in [2.24, 2.45) is 0 Å². The Balaban J connectivity index is 1.90. The van der Waals surface area contributed by atoms with Crippen LogP contribution in [0.4, 0.5) is 5.82 Å². The maximum atomic E-state index is 10.0. The lowest BCUT2D eigenvalue weighted by molar-refractivity contribution is 0.0985. The van der Waals surface area contributed by atoms with Gasteiger partial charge < -0.3 is 14.7 Å². The van der Waals surface area contributed by atoms with Crippen LogP contribution in [0.3, 0.4) is 0 Å². The van der Waals surface area contributed by atoms with Gasteiger partial charge in [-0.05, 0) is 25.4 Å². The molecule has 1 saturated heterocycles. The molecule has 0 aromatic carbocycles. The molecule has 9 heteroatoms. The second-order valence-electron chi connectivity index (χ2n) is 5.61. The normalized spacial score (nSPS) is 18.7. The molecule has 4 heterocycles. The number of nitrogens with zero attached hydrogens (tertiary/aromatic N) is 6. The summed E-state index contributed by atoms with van der Waals surface area (Å²) in [6.07, 6.45) is 1.85. The third-order valence-corrected chi connectivity index (χ3v) is 4.74. The summed E-state index contributed by atoms with van der Waals surface area (Å²) < 4.78 is 12.0. The molecule has 8 nitrogen and oxygen atoms in total. The number of aryl methyl sites for hydroxylation is 1. The largest absolute Gasteiger partial charge is 0.491 e. The van der Waals surface area contributed by atoms with E-state index in [4.69, 9.17) is 4.74 Å². The van der Waals surface area contributed by atoms with Crippen molar-refractivity contribution in [3.63, 3.8) is 0 Å². The number of fused-ring (bicyclic) bond motifs is 1. The van der Waals surface area contributed by atoms with Gasteiger partial charge in [0.05, 0.1) is 36.8 Å². The van der Waals surface area contributed by atoms with Gasteiger partial charge in [-0.3, -0.25) is 0 Å². The summed E-state index contributed by atoms with van der Waals surface area (Å²) in [5, 5.41) is 18.2. The number of aromatic hydroxyl groups is 1. The van der Waals surface area contributed by atoms with Crippen LogP contribution in [-0.2, 0) is 4.74 Å². The van der Waals surface area contributed by atoms with Crippen molar-refractivity contribution in [2.75, 3.05) is 24.7 Å². The molecule has 0 spiro atoms. The van der Waals surface area contributed by atoms with Gasteiger partial charge in [0.25, 0.3) is 0 Å². The van der Waals surface area contributed by atoms with Gasteiger partial charge in [0.2, 0.25) is 5.88 Å². The minimum Gasteiger partial charge on any atom is -0.491 e. The standard InChI is InChI=1S/C14H16N6O2S/c1-8-6-20(18-16-8)10-5-11(19-3-4-22-7-9(19)2)15-12-13(10)23-17-14(12)21/h5-6,9H,3-4,7H2,1-2H3,(H,17,21)/t9-/m1/s1. The van der Waals surface area contributed by atoms with Gasteiger partial charge in [0.15, 0.2) is 0 Å². The van der Waals surface area contributed by atoms with E-state index in [-0.39, 0.29) is 11.9 Å². The molecule has 1 fully saturated rings. The quantitative estimate of drug-likeness (QED) is 0.761. The fraction of sp³-hybridized carbons (Fsp3) is 0.429. The highest BCUT2D eigenvalue weighted by atomic mass is 32.1. The molecule has 3 aromatic rings. The van der Waals surface area contributed by atoms with Crippen molar-refractivity contribution >= 4 is 27.6 Å². The molecule has 120 valence electrons. The van der Waals surface area contributed by atoms with Gasteiger partial charge in [-0.2, -0.15) is 4.37 Å². The van der Waals surface area contributed by atoms with E-state index in [1.54, 1.807) is 4.68 Å². The summed E-state index contributed by atoms with van der Waals surface area (Å²) in [7, 11) is 0. The highest BCUT2D eigenvalue weighted by Gasteiger charge is 2.23. The van der Waals surface area contributed by atoms with E-state index in [1.807, 2.05) is 19.2 Å². The lowest BCUT2D eigenvalue weighted by Gasteiger charge is -2.34. The second-order valence-corrected chi connectivity index (χ2v) is 6.38. The summed E-state index contributed by atoms with van der Waals surface area (Å²) in [6.45, 7) is 6.06. The van der Waals surface area contributed by atoms with Crippen LogP contribution in [-0.4, -0.2) is 55.3 Å². The highest BCUT2D eigenvalue weighted by Crippen LogP contribution is 2.34. The molecule has 0 amide bonds. The van der Waals surface area contributed by atoms with E-state index in [2.05, 4.69) is 31.5 Å². The molecular formula is C14H16N6O2S. The van der Waals surface area contributed by atoms with Crippen LogP contribution in [0.1, 0.15) is 12.6 Å². The molecule has 1 aliphatic heterocycles. The molecule has 1 N–H and O–H groups in total. The van der Waals surface area contributed by atoms with Gasteiger partial charge >= 0.3 is 0 Å². The first-order chi connectivity index (χ1) is 11.1. The molecule has 0 aliphatic carbocycles. The molecule has 0 radical (unpaired) electrons. The van der Waals surface area contributed by atoms with Gasteiger partial charge in [0.1, 0.15) is 16.0 Å². The zero-order valence-electron chi connectivity index (χ0n) is 12.8. The zero-order chi connectivity index (χ0) is 16.0. The van der Waals surface area contributed by atoms with Crippen molar-refractivity contribution in [2.45, 2.75) is 19.9 Å². The van der Waals surface area contributed by atoms with Crippen LogP contribution >= 0.6 is 11.5 Å². The number of aromatic nitrogens is 5. The molecule has 0 bridgehead atoms. The Morgan fingerprint density at radius 3 is 3.04 bits per heavy atom.